The van der Waals surface area contributed by atoms with E-state index in [1.807, 2.05) is 0 Å². The molecule has 0 unspecified atom stereocenters. The van der Waals surface area contributed by atoms with E-state index in [2.05, 4.69) is 0 Å². The van der Waals surface area contributed by atoms with Crippen molar-refractivity contribution < 1.29 is 27.5 Å². The fraction of sp³-hybridized carbons (Fsp3) is 0.333. The van der Waals surface area contributed by atoms with Crippen LogP contribution in [0.2, 0.25) is 0 Å². The Bertz CT molecular complexity index is 121. The van der Waals surface area contributed by atoms with Crippen LogP contribution in [0.3, 0.4) is 0 Å². The molecule has 0 aromatic heterocycles. The van der Waals surface area contributed by atoms with Crippen molar-refractivity contribution in [2.24, 2.45) is 0 Å². The molecule has 0 aliphatic heterocycles. The Labute approximate surface area is 47.1 Å². The lowest BCUT2D eigenvalue weighted by Gasteiger charge is -2.05. The number of rotatable bonds is 2. The van der Waals surface area contributed by atoms with E-state index in [-0.39, 0.29) is 0 Å². The second-order valence-corrected chi connectivity index (χ2v) is 1.14. The molecule has 0 atom stereocenters. The first-order valence-electron chi connectivity index (χ1n) is 1.68. The van der Waals surface area contributed by atoms with Crippen molar-refractivity contribution in [3.05, 3.63) is 6.43 Å². The fourth-order valence-electron chi connectivity index (χ4n) is 0.0808. The molecule has 1 N–H and O–H groups in total. The molecule has 53 valence electrons. The van der Waals surface area contributed by atoms with E-state index in [9.17, 15) is 22.4 Å². The predicted octanol–water partition coefficient (Wildman–Crippen LogP) is 1.13. The van der Waals surface area contributed by atoms with Crippen molar-refractivity contribution >= 4 is 5.97 Å². The van der Waals surface area contributed by atoms with Gasteiger partial charge < -0.3 is 5.11 Å². The number of hydrogen-bond donors (Lipinski definition) is 1. The van der Waals surface area contributed by atoms with Crippen molar-refractivity contribution in [2.45, 2.75) is 5.92 Å². The van der Waals surface area contributed by atoms with Gasteiger partial charge in [0.05, 0.1) is 0 Å². The van der Waals surface area contributed by atoms with Crippen molar-refractivity contribution in [2.75, 3.05) is 0 Å². The molecular formula is C3HF4O2. The molecule has 0 aliphatic rings. The maximum Gasteiger partial charge on any atom is 0.410 e. The molecule has 6 heteroatoms. The molecule has 0 saturated carbocycles. The Balaban J connectivity index is 4.19. The molecule has 1 radical (unpaired) electrons. The van der Waals surface area contributed by atoms with Gasteiger partial charge >= 0.3 is 18.3 Å². The zero-order valence-corrected chi connectivity index (χ0v) is 3.87. The predicted molar refractivity (Wildman–Crippen MR) is 18.0 cm³/mol. The number of aliphatic carboxylic acids is 1. The van der Waals surface area contributed by atoms with E-state index in [0.717, 1.165) is 0 Å². The van der Waals surface area contributed by atoms with Gasteiger partial charge in [0.15, 0.2) is 0 Å². The summed E-state index contributed by atoms with van der Waals surface area (Å²) in [6.07, 6.45) is -3.41. The van der Waals surface area contributed by atoms with E-state index in [1.54, 1.807) is 0 Å². The lowest BCUT2D eigenvalue weighted by Crippen LogP contribution is -2.31. The van der Waals surface area contributed by atoms with Gasteiger partial charge in [-0.2, -0.15) is 17.6 Å². The summed E-state index contributed by atoms with van der Waals surface area (Å²) in [5.41, 5.74) is 0. The highest BCUT2D eigenvalue weighted by atomic mass is 19.3. The molecule has 0 fully saturated rings. The second kappa shape index (κ2) is 2.20. The van der Waals surface area contributed by atoms with Crippen LogP contribution in [0.15, 0.2) is 0 Å². The highest BCUT2D eigenvalue weighted by Crippen LogP contribution is 2.28. The van der Waals surface area contributed by atoms with Gasteiger partial charge in [-0.1, -0.05) is 0 Å². The Hall–Kier alpha value is -0.810. The maximum absolute atomic E-state index is 11.3. The molecule has 0 rings (SSSR count). The minimum absolute atomic E-state index is 2.84. The quantitative estimate of drug-likeness (QED) is 0.591. The van der Waals surface area contributed by atoms with Crippen molar-refractivity contribution in [3.8, 4) is 0 Å². The molecule has 0 spiro atoms. The zero-order valence-electron chi connectivity index (χ0n) is 3.87. The van der Waals surface area contributed by atoms with Crippen LogP contribution in [0.25, 0.3) is 0 Å². The van der Waals surface area contributed by atoms with Crippen LogP contribution in [-0.4, -0.2) is 17.0 Å². The van der Waals surface area contributed by atoms with Crippen LogP contribution < -0.4 is 0 Å². The molecule has 0 aromatic carbocycles. The van der Waals surface area contributed by atoms with Gasteiger partial charge in [-0.05, 0) is 0 Å². The summed E-state index contributed by atoms with van der Waals surface area (Å²) < 4.78 is 44.3. The molecule has 0 saturated heterocycles. The monoisotopic (exact) mass is 145 g/mol. The van der Waals surface area contributed by atoms with Gasteiger partial charge in [0.25, 0.3) is 0 Å². The molecule has 0 aromatic rings. The van der Waals surface area contributed by atoms with E-state index in [4.69, 9.17) is 5.11 Å². The van der Waals surface area contributed by atoms with E-state index < -0.39 is 18.3 Å². The number of halogens is 4. The summed E-state index contributed by atoms with van der Waals surface area (Å²) in [6, 6.07) is 0. The zero-order chi connectivity index (χ0) is 7.65. The van der Waals surface area contributed by atoms with Crippen molar-refractivity contribution in [1.29, 1.82) is 0 Å². The highest BCUT2D eigenvalue weighted by molar-refractivity contribution is 5.77. The number of carboxylic acid groups (broad SMARTS) is 1. The van der Waals surface area contributed by atoms with Crippen molar-refractivity contribution in [3.63, 3.8) is 0 Å². The van der Waals surface area contributed by atoms with E-state index in [0.29, 0.717) is 0 Å². The topological polar surface area (TPSA) is 37.3 Å². The average Bonchev–Trinajstić information content (AvgIpc) is 1.65. The van der Waals surface area contributed by atoms with Gasteiger partial charge in [0, 0.05) is 0 Å². The normalized spacial score (nSPS) is 12.1. The molecule has 0 heterocycles. The van der Waals surface area contributed by atoms with Crippen LogP contribution in [0, 0.1) is 6.43 Å². The lowest BCUT2D eigenvalue weighted by atomic mass is 10.4. The molecule has 0 bridgehead atoms. The number of carbonyl (C=O) groups is 1. The first-order valence-corrected chi connectivity index (χ1v) is 1.68. The third-order valence-corrected chi connectivity index (χ3v) is 0.506. The first kappa shape index (κ1) is 8.19. The van der Waals surface area contributed by atoms with Crippen LogP contribution >= 0.6 is 0 Å². The second-order valence-electron chi connectivity index (χ2n) is 1.14. The van der Waals surface area contributed by atoms with Crippen LogP contribution in [0.4, 0.5) is 17.6 Å². The molecule has 0 amide bonds. The summed E-state index contributed by atoms with van der Waals surface area (Å²) in [4.78, 5) is 9.21. The maximum atomic E-state index is 11.3. The SMILES string of the molecule is O=C(O)C(F)(F)[C](F)F. The van der Waals surface area contributed by atoms with Crippen molar-refractivity contribution in [1.82, 2.24) is 0 Å². The fourth-order valence-corrected chi connectivity index (χ4v) is 0.0808. The van der Waals surface area contributed by atoms with Crippen LogP contribution in [-0.2, 0) is 4.79 Å². The smallest absolute Gasteiger partial charge is 0.410 e. The highest BCUT2D eigenvalue weighted by Gasteiger charge is 2.51. The van der Waals surface area contributed by atoms with Gasteiger partial charge in [0.2, 0.25) is 0 Å². The summed E-state index contributed by atoms with van der Waals surface area (Å²) in [7, 11) is 0. The summed E-state index contributed by atoms with van der Waals surface area (Å²) in [6.45, 7) is 0. The largest absolute Gasteiger partial charge is 0.477 e. The summed E-state index contributed by atoms with van der Waals surface area (Å²) in [5.74, 6) is -7.84. The average molecular weight is 145 g/mol. The Kier molecular flexibility index (Phi) is 2.00. The summed E-state index contributed by atoms with van der Waals surface area (Å²) >= 11 is 0. The third-order valence-electron chi connectivity index (χ3n) is 0.506. The van der Waals surface area contributed by atoms with Gasteiger partial charge in [-0.25, -0.2) is 4.79 Å². The minimum atomic E-state index is -5.00. The molecule has 9 heavy (non-hydrogen) atoms. The molecular weight excluding hydrogens is 144 g/mol. The first-order chi connectivity index (χ1) is 3.89. The van der Waals surface area contributed by atoms with E-state index in [1.165, 1.54) is 0 Å². The third kappa shape index (κ3) is 1.55. The Morgan fingerprint density at radius 3 is 1.67 bits per heavy atom. The Morgan fingerprint density at radius 2 is 1.67 bits per heavy atom. The van der Waals surface area contributed by atoms with Crippen LogP contribution in [0.5, 0.6) is 0 Å². The van der Waals surface area contributed by atoms with Gasteiger partial charge in [-0.3, -0.25) is 0 Å². The van der Waals surface area contributed by atoms with Crippen LogP contribution in [0.1, 0.15) is 0 Å². The number of alkyl halides is 2. The number of hydrogen-bond acceptors (Lipinski definition) is 1. The van der Waals surface area contributed by atoms with Gasteiger partial charge in [0.1, 0.15) is 0 Å². The van der Waals surface area contributed by atoms with E-state index >= 15 is 0 Å². The summed E-state index contributed by atoms with van der Waals surface area (Å²) in [5, 5.41) is 7.36. The standard InChI is InChI=1S/C3HF4O2/c4-1(5)3(6,7)2(8)9/h(H,8,9). The molecule has 2 nitrogen and oxygen atoms in total. The van der Waals surface area contributed by atoms with Gasteiger partial charge in [-0.15, -0.1) is 0 Å². The molecule has 0 aliphatic carbocycles. The number of carboxylic acids is 1. The Morgan fingerprint density at radius 1 is 1.33 bits per heavy atom. The minimum Gasteiger partial charge on any atom is -0.477 e. The lowest BCUT2D eigenvalue weighted by molar-refractivity contribution is -0.171.